The van der Waals surface area contributed by atoms with Crippen LogP contribution in [0.1, 0.15) is 55.6 Å². The summed E-state index contributed by atoms with van der Waals surface area (Å²) in [7, 11) is 0. The van der Waals surface area contributed by atoms with E-state index in [0.717, 1.165) is 0 Å². The number of benzene rings is 4. The number of anilines is 3. The number of hydrogen-bond donors (Lipinski definition) is 0. The highest BCUT2D eigenvalue weighted by Gasteiger charge is 2.26. The topological polar surface area (TPSA) is 3.24 Å². The summed E-state index contributed by atoms with van der Waals surface area (Å²) in [6.45, 7) is 22.8. The molecule has 0 saturated carbocycles. The Labute approximate surface area is 200 Å². The normalized spacial score (nSPS) is 11.3. The van der Waals surface area contributed by atoms with Gasteiger partial charge < -0.3 is 4.90 Å². The Morgan fingerprint density at radius 3 is 1.21 bits per heavy atom. The maximum Gasteiger partial charge on any atom is 0.0540 e. The second kappa shape index (κ2) is 8.37. The molecule has 0 saturated heterocycles. The van der Waals surface area contributed by atoms with Crippen LogP contribution in [0.4, 0.5) is 17.1 Å². The monoisotopic (exact) mass is 435 g/mol. The molecule has 33 heavy (non-hydrogen) atoms. The van der Waals surface area contributed by atoms with Gasteiger partial charge in [0.25, 0.3) is 0 Å². The Morgan fingerprint density at radius 2 is 0.758 bits per heavy atom. The fourth-order valence-corrected chi connectivity index (χ4v) is 5.39. The first-order chi connectivity index (χ1) is 15.6. The molecule has 0 unspecified atom stereocenters. The van der Waals surface area contributed by atoms with Gasteiger partial charge in [-0.1, -0.05) is 36.4 Å². The molecule has 170 valence electrons. The van der Waals surface area contributed by atoms with E-state index >= 15 is 0 Å². The lowest BCUT2D eigenvalue weighted by Crippen LogP contribution is -2.19. The van der Waals surface area contributed by atoms with E-state index in [2.05, 4.69) is 117 Å². The summed E-state index contributed by atoms with van der Waals surface area (Å²) >= 11 is 0. The van der Waals surface area contributed by atoms with Crippen molar-refractivity contribution in [3.63, 3.8) is 0 Å². The number of fused-ring (bicyclic) bond motifs is 1. The predicted molar refractivity (Wildman–Crippen MR) is 146 cm³/mol. The van der Waals surface area contributed by atoms with E-state index in [1.807, 2.05) is 0 Å². The van der Waals surface area contributed by atoms with Gasteiger partial charge >= 0.3 is 0 Å². The standard InChI is InChI=1S/C32H37N/c1-18-20(3)24(7)31(25(8)21(18)4)33(30-17-13-15-28-14-11-12-16-29(28)30)32-26(9)22(5)19(2)23(6)27(32)10/h11-17H,1-10H3. The first-order valence-corrected chi connectivity index (χ1v) is 12.0. The fourth-order valence-electron chi connectivity index (χ4n) is 5.39. The summed E-state index contributed by atoms with van der Waals surface area (Å²) in [5.41, 5.74) is 17.7. The third-order valence-electron chi connectivity index (χ3n) is 8.38. The van der Waals surface area contributed by atoms with Crippen LogP contribution in [0.25, 0.3) is 10.8 Å². The van der Waals surface area contributed by atoms with Crippen LogP contribution < -0.4 is 4.90 Å². The molecule has 0 radical (unpaired) electrons. The molecule has 0 aliphatic rings. The van der Waals surface area contributed by atoms with Gasteiger partial charge in [-0.15, -0.1) is 0 Å². The third kappa shape index (κ3) is 3.46. The first kappa shape index (κ1) is 23.1. The quantitative estimate of drug-likeness (QED) is 0.310. The zero-order valence-corrected chi connectivity index (χ0v) is 22.0. The van der Waals surface area contributed by atoms with Gasteiger partial charge in [0.1, 0.15) is 0 Å². The van der Waals surface area contributed by atoms with Gasteiger partial charge in [-0.25, -0.2) is 0 Å². The van der Waals surface area contributed by atoms with Crippen molar-refractivity contribution in [1.29, 1.82) is 0 Å². The summed E-state index contributed by atoms with van der Waals surface area (Å²) in [6, 6.07) is 15.5. The molecule has 1 heteroatoms. The molecule has 0 bridgehead atoms. The maximum atomic E-state index is 2.57. The van der Waals surface area contributed by atoms with Gasteiger partial charge in [-0.05, 0) is 136 Å². The second-order valence-corrected chi connectivity index (χ2v) is 9.78. The molecule has 4 aromatic carbocycles. The summed E-state index contributed by atoms with van der Waals surface area (Å²) in [5, 5.41) is 2.55. The van der Waals surface area contributed by atoms with Crippen molar-refractivity contribution in [2.24, 2.45) is 0 Å². The van der Waals surface area contributed by atoms with Crippen molar-refractivity contribution in [2.75, 3.05) is 4.90 Å². The van der Waals surface area contributed by atoms with E-state index in [4.69, 9.17) is 0 Å². The molecule has 4 rings (SSSR count). The average molecular weight is 436 g/mol. The van der Waals surface area contributed by atoms with E-state index in [1.165, 1.54) is 83.5 Å². The zero-order chi connectivity index (χ0) is 24.2. The lowest BCUT2D eigenvalue weighted by atomic mass is 9.88. The maximum absolute atomic E-state index is 2.57. The minimum atomic E-state index is 1.25. The Hall–Kier alpha value is -3.06. The summed E-state index contributed by atoms with van der Waals surface area (Å²) in [5.74, 6) is 0. The Balaban J connectivity index is 2.24. The molecule has 0 aromatic heterocycles. The minimum absolute atomic E-state index is 1.25. The minimum Gasteiger partial charge on any atom is -0.309 e. The van der Waals surface area contributed by atoms with E-state index < -0.39 is 0 Å². The molecular formula is C32H37N. The molecule has 0 spiro atoms. The van der Waals surface area contributed by atoms with Crippen molar-refractivity contribution >= 4 is 27.8 Å². The zero-order valence-electron chi connectivity index (χ0n) is 22.0. The van der Waals surface area contributed by atoms with Gasteiger partial charge in [0, 0.05) is 5.39 Å². The van der Waals surface area contributed by atoms with E-state index in [9.17, 15) is 0 Å². The van der Waals surface area contributed by atoms with Crippen LogP contribution >= 0.6 is 0 Å². The lowest BCUT2D eigenvalue weighted by Gasteiger charge is -2.35. The van der Waals surface area contributed by atoms with Gasteiger partial charge in [-0.2, -0.15) is 0 Å². The molecule has 0 aliphatic heterocycles. The van der Waals surface area contributed by atoms with Gasteiger partial charge in [0.05, 0.1) is 17.1 Å². The van der Waals surface area contributed by atoms with Crippen LogP contribution in [-0.4, -0.2) is 0 Å². The SMILES string of the molecule is Cc1c(C)c(C)c(N(c2c(C)c(C)c(C)c(C)c2C)c2cccc3ccccc23)c(C)c1C. The van der Waals surface area contributed by atoms with Gasteiger partial charge in [0.15, 0.2) is 0 Å². The largest absolute Gasteiger partial charge is 0.309 e. The van der Waals surface area contributed by atoms with Crippen LogP contribution in [0.2, 0.25) is 0 Å². The molecule has 0 heterocycles. The Bertz CT molecular complexity index is 1270. The van der Waals surface area contributed by atoms with Crippen LogP contribution in [0, 0.1) is 69.2 Å². The molecule has 4 aromatic rings. The molecule has 0 N–H and O–H groups in total. The smallest absolute Gasteiger partial charge is 0.0540 e. The second-order valence-electron chi connectivity index (χ2n) is 9.78. The van der Waals surface area contributed by atoms with Crippen molar-refractivity contribution in [3.8, 4) is 0 Å². The van der Waals surface area contributed by atoms with Gasteiger partial charge in [0.2, 0.25) is 0 Å². The molecular weight excluding hydrogens is 398 g/mol. The number of hydrogen-bond acceptors (Lipinski definition) is 1. The first-order valence-electron chi connectivity index (χ1n) is 12.0. The van der Waals surface area contributed by atoms with E-state index in [0.29, 0.717) is 0 Å². The number of nitrogens with zero attached hydrogens (tertiary/aromatic N) is 1. The van der Waals surface area contributed by atoms with E-state index in [1.54, 1.807) is 0 Å². The van der Waals surface area contributed by atoms with Crippen molar-refractivity contribution in [1.82, 2.24) is 0 Å². The van der Waals surface area contributed by atoms with Crippen LogP contribution in [0.15, 0.2) is 42.5 Å². The highest BCUT2D eigenvalue weighted by atomic mass is 15.2. The molecule has 0 fully saturated rings. The van der Waals surface area contributed by atoms with E-state index in [-0.39, 0.29) is 0 Å². The van der Waals surface area contributed by atoms with Gasteiger partial charge in [-0.3, -0.25) is 0 Å². The lowest BCUT2D eigenvalue weighted by molar-refractivity contribution is 1.10. The summed E-state index contributed by atoms with van der Waals surface area (Å²) in [4.78, 5) is 2.57. The number of rotatable bonds is 3. The Kier molecular flexibility index (Phi) is 5.86. The van der Waals surface area contributed by atoms with Crippen LogP contribution in [0.3, 0.4) is 0 Å². The molecule has 0 amide bonds. The van der Waals surface area contributed by atoms with Crippen molar-refractivity contribution in [3.05, 3.63) is 98.1 Å². The average Bonchev–Trinajstić information content (AvgIpc) is 2.82. The molecule has 0 aliphatic carbocycles. The Morgan fingerprint density at radius 1 is 0.394 bits per heavy atom. The summed E-state index contributed by atoms with van der Waals surface area (Å²) < 4.78 is 0. The van der Waals surface area contributed by atoms with Crippen molar-refractivity contribution in [2.45, 2.75) is 69.2 Å². The highest BCUT2D eigenvalue weighted by Crippen LogP contribution is 2.47. The third-order valence-corrected chi connectivity index (χ3v) is 8.38. The molecule has 0 atom stereocenters. The fraction of sp³-hybridized carbons (Fsp3) is 0.312. The summed E-state index contributed by atoms with van der Waals surface area (Å²) in [6.07, 6.45) is 0. The molecule has 1 nitrogen and oxygen atoms in total. The van der Waals surface area contributed by atoms with Crippen LogP contribution in [-0.2, 0) is 0 Å². The van der Waals surface area contributed by atoms with Crippen LogP contribution in [0.5, 0.6) is 0 Å². The predicted octanol–water partition coefficient (Wildman–Crippen LogP) is 9.39. The highest BCUT2D eigenvalue weighted by molar-refractivity contribution is 6.00. The van der Waals surface area contributed by atoms with Crippen molar-refractivity contribution < 1.29 is 0 Å².